The standard InChI is InChI=1S/C12H24N2/c13-12-7-3-4-8-14(10-12)9-11-5-1-2-6-11/h11-12H,1-10,13H2. The molecule has 1 saturated carbocycles. The van der Waals surface area contributed by atoms with Gasteiger partial charge in [0.2, 0.25) is 0 Å². The van der Waals surface area contributed by atoms with Gasteiger partial charge in [0.05, 0.1) is 0 Å². The van der Waals surface area contributed by atoms with E-state index in [-0.39, 0.29) is 0 Å². The largest absolute Gasteiger partial charge is 0.327 e. The van der Waals surface area contributed by atoms with Crippen molar-refractivity contribution in [1.29, 1.82) is 0 Å². The highest BCUT2D eigenvalue weighted by molar-refractivity contribution is 4.77. The highest BCUT2D eigenvalue weighted by Gasteiger charge is 2.21. The first-order valence-corrected chi connectivity index (χ1v) is 6.32. The second-order valence-corrected chi connectivity index (χ2v) is 5.17. The van der Waals surface area contributed by atoms with Gasteiger partial charge in [-0.2, -0.15) is 0 Å². The molecule has 0 aromatic heterocycles. The number of nitrogens with two attached hydrogens (primary N) is 1. The van der Waals surface area contributed by atoms with Crippen molar-refractivity contribution in [3.63, 3.8) is 0 Å². The lowest BCUT2D eigenvalue weighted by Gasteiger charge is -2.25. The lowest BCUT2D eigenvalue weighted by atomic mass is 10.1. The predicted molar refractivity (Wildman–Crippen MR) is 60.2 cm³/mol. The van der Waals surface area contributed by atoms with Gasteiger partial charge in [-0.25, -0.2) is 0 Å². The molecule has 0 amide bonds. The quantitative estimate of drug-likeness (QED) is 0.732. The van der Waals surface area contributed by atoms with Crippen molar-refractivity contribution in [3.05, 3.63) is 0 Å². The first-order valence-electron chi connectivity index (χ1n) is 6.32. The van der Waals surface area contributed by atoms with Crippen molar-refractivity contribution in [2.24, 2.45) is 11.7 Å². The van der Waals surface area contributed by atoms with Crippen LogP contribution in [0.2, 0.25) is 0 Å². The molecular formula is C12H24N2. The van der Waals surface area contributed by atoms with E-state index in [1.165, 1.54) is 58.0 Å². The minimum absolute atomic E-state index is 0.443. The molecule has 14 heavy (non-hydrogen) atoms. The molecule has 2 aliphatic rings. The van der Waals surface area contributed by atoms with Crippen LogP contribution in [0.4, 0.5) is 0 Å². The second-order valence-electron chi connectivity index (χ2n) is 5.17. The molecule has 0 bridgehead atoms. The van der Waals surface area contributed by atoms with Gasteiger partial charge in [-0.3, -0.25) is 0 Å². The molecule has 0 spiro atoms. The Morgan fingerprint density at radius 1 is 1.00 bits per heavy atom. The van der Waals surface area contributed by atoms with E-state index in [1.807, 2.05) is 0 Å². The molecule has 2 fully saturated rings. The average Bonchev–Trinajstić information content (AvgIpc) is 2.56. The lowest BCUT2D eigenvalue weighted by Crippen LogP contribution is -2.38. The Labute approximate surface area is 87.8 Å². The Bertz CT molecular complexity index is 164. The molecule has 2 nitrogen and oxygen atoms in total. The molecular weight excluding hydrogens is 172 g/mol. The molecule has 0 radical (unpaired) electrons. The maximum Gasteiger partial charge on any atom is 0.0167 e. The Morgan fingerprint density at radius 3 is 2.50 bits per heavy atom. The van der Waals surface area contributed by atoms with Crippen molar-refractivity contribution < 1.29 is 0 Å². The number of likely N-dealkylation sites (tertiary alicyclic amines) is 1. The normalized spacial score (nSPS) is 31.9. The molecule has 2 N–H and O–H groups in total. The van der Waals surface area contributed by atoms with Gasteiger partial charge in [0.25, 0.3) is 0 Å². The Morgan fingerprint density at radius 2 is 1.71 bits per heavy atom. The fourth-order valence-electron chi connectivity index (χ4n) is 2.98. The average molecular weight is 196 g/mol. The molecule has 82 valence electrons. The lowest BCUT2D eigenvalue weighted by molar-refractivity contribution is 0.231. The molecule has 1 saturated heterocycles. The summed E-state index contributed by atoms with van der Waals surface area (Å²) >= 11 is 0. The minimum atomic E-state index is 0.443. The molecule has 2 heteroatoms. The van der Waals surface area contributed by atoms with Gasteiger partial charge in [-0.05, 0) is 38.1 Å². The van der Waals surface area contributed by atoms with Crippen LogP contribution in [0.3, 0.4) is 0 Å². The van der Waals surface area contributed by atoms with Crippen LogP contribution in [0.5, 0.6) is 0 Å². The minimum Gasteiger partial charge on any atom is -0.327 e. The topological polar surface area (TPSA) is 29.3 Å². The fraction of sp³-hybridized carbons (Fsp3) is 1.00. The van der Waals surface area contributed by atoms with Crippen molar-refractivity contribution in [2.45, 2.75) is 51.0 Å². The van der Waals surface area contributed by atoms with E-state index in [4.69, 9.17) is 5.73 Å². The summed E-state index contributed by atoms with van der Waals surface area (Å²) in [7, 11) is 0. The summed E-state index contributed by atoms with van der Waals surface area (Å²) in [4.78, 5) is 2.62. The molecule has 2 rings (SSSR count). The smallest absolute Gasteiger partial charge is 0.0167 e. The Hall–Kier alpha value is -0.0800. The van der Waals surface area contributed by atoms with Gasteiger partial charge in [-0.15, -0.1) is 0 Å². The summed E-state index contributed by atoms with van der Waals surface area (Å²) in [6.45, 7) is 3.77. The van der Waals surface area contributed by atoms with Crippen LogP contribution >= 0.6 is 0 Å². The third kappa shape index (κ3) is 2.96. The number of nitrogens with zero attached hydrogens (tertiary/aromatic N) is 1. The van der Waals surface area contributed by atoms with E-state index in [1.54, 1.807) is 0 Å². The first kappa shape index (κ1) is 10.4. The SMILES string of the molecule is NC1CCCCN(CC2CCCC2)C1. The summed E-state index contributed by atoms with van der Waals surface area (Å²) in [5, 5.41) is 0. The summed E-state index contributed by atoms with van der Waals surface area (Å²) in [6.07, 6.45) is 9.79. The van der Waals surface area contributed by atoms with Crippen molar-refractivity contribution in [1.82, 2.24) is 4.90 Å². The molecule has 0 aromatic rings. The highest BCUT2D eigenvalue weighted by atomic mass is 15.1. The van der Waals surface area contributed by atoms with E-state index in [0.29, 0.717) is 6.04 Å². The van der Waals surface area contributed by atoms with Crippen LogP contribution < -0.4 is 5.73 Å². The monoisotopic (exact) mass is 196 g/mol. The summed E-state index contributed by atoms with van der Waals surface area (Å²) in [6, 6.07) is 0.443. The van der Waals surface area contributed by atoms with E-state index in [9.17, 15) is 0 Å². The van der Waals surface area contributed by atoms with Crippen LogP contribution in [0.1, 0.15) is 44.9 Å². The van der Waals surface area contributed by atoms with E-state index >= 15 is 0 Å². The van der Waals surface area contributed by atoms with E-state index in [0.717, 1.165) is 12.5 Å². The van der Waals surface area contributed by atoms with E-state index in [2.05, 4.69) is 4.90 Å². The summed E-state index contributed by atoms with van der Waals surface area (Å²) in [5.41, 5.74) is 6.06. The molecule has 0 aromatic carbocycles. The first-order chi connectivity index (χ1) is 6.84. The van der Waals surface area contributed by atoms with Crippen LogP contribution in [0.25, 0.3) is 0 Å². The van der Waals surface area contributed by atoms with E-state index < -0.39 is 0 Å². The molecule has 1 atom stereocenters. The number of hydrogen-bond donors (Lipinski definition) is 1. The number of hydrogen-bond acceptors (Lipinski definition) is 2. The van der Waals surface area contributed by atoms with Crippen molar-refractivity contribution >= 4 is 0 Å². The zero-order chi connectivity index (χ0) is 9.80. The summed E-state index contributed by atoms with van der Waals surface area (Å²) < 4.78 is 0. The van der Waals surface area contributed by atoms with Crippen molar-refractivity contribution in [3.8, 4) is 0 Å². The van der Waals surface area contributed by atoms with Gasteiger partial charge >= 0.3 is 0 Å². The third-order valence-electron chi connectivity index (χ3n) is 3.78. The second kappa shape index (κ2) is 5.13. The third-order valence-corrected chi connectivity index (χ3v) is 3.78. The maximum atomic E-state index is 6.06. The van der Waals surface area contributed by atoms with Gasteiger partial charge in [0.1, 0.15) is 0 Å². The molecule has 1 aliphatic heterocycles. The zero-order valence-corrected chi connectivity index (χ0v) is 9.25. The van der Waals surface area contributed by atoms with Crippen LogP contribution in [-0.4, -0.2) is 30.6 Å². The summed E-state index contributed by atoms with van der Waals surface area (Å²) in [5.74, 6) is 0.986. The van der Waals surface area contributed by atoms with Gasteiger partial charge in [-0.1, -0.05) is 19.3 Å². The number of rotatable bonds is 2. The molecule has 1 aliphatic carbocycles. The fourth-order valence-corrected chi connectivity index (χ4v) is 2.98. The van der Waals surface area contributed by atoms with Crippen LogP contribution in [0.15, 0.2) is 0 Å². The van der Waals surface area contributed by atoms with Crippen LogP contribution in [-0.2, 0) is 0 Å². The molecule has 1 heterocycles. The van der Waals surface area contributed by atoms with Crippen molar-refractivity contribution in [2.75, 3.05) is 19.6 Å². The highest BCUT2D eigenvalue weighted by Crippen LogP contribution is 2.26. The predicted octanol–water partition coefficient (Wildman–Crippen LogP) is 1.99. The Kier molecular flexibility index (Phi) is 3.82. The Balaban J connectivity index is 1.77. The van der Waals surface area contributed by atoms with Gasteiger partial charge in [0.15, 0.2) is 0 Å². The van der Waals surface area contributed by atoms with Gasteiger partial charge in [0, 0.05) is 19.1 Å². The van der Waals surface area contributed by atoms with Gasteiger partial charge < -0.3 is 10.6 Å². The molecule has 1 unspecified atom stereocenters. The maximum absolute atomic E-state index is 6.06. The van der Waals surface area contributed by atoms with Crippen LogP contribution in [0, 0.1) is 5.92 Å². The zero-order valence-electron chi connectivity index (χ0n) is 9.25.